The predicted molar refractivity (Wildman–Crippen MR) is 99.0 cm³/mol. The molecule has 0 saturated heterocycles. The second-order valence-corrected chi connectivity index (χ2v) is 6.52. The number of carbonyl (C=O) groups is 2. The first-order valence-electron chi connectivity index (χ1n) is 7.74. The number of aryl methyl sites for hydroxylation is 1. The van der Waals surface area contributed by atoms with Crippen LogP contribution < -0.4 is 5.32 Å². The second-order valence-electron chi connectivity index (χ2n) is 5.68. The van der Waals surface area contributed by atoms with E-state index in [9.17, 15) is 19.7 Å². The summed E-state index contributed by atoms with van der Waals surface area (Å²) in [6, 6.07) is 4.55. The van der Waals surface area contributed by atoms with E-state index in [4.69, 9.17) is 27.9 Å². The van der Waals surface area contributed by atoms with Gasteiger partial charge < -0.3 is 10.1 Å². The average Bonchev–Trinajstić information content (AvgIpc) is 2.84. The van der Waals surface area contributed by atoms with Crippen LogP contribution in [0.15, 0.2) is 18.2 Å². The normalized spacial score (nSPS) is 11.7. The Bertz CT molecular complexity index is 912. The summed E-state index contributed by atoms with van der Waals surface area (Å²) < 4.78 is 6.23. The molecule has 0 aliphatic carbocycles. The lowest BCUT2D eigenvalue weighted by Crippen LogP contribution is -2.31. The first kappa shape index (κ1) is 20.7. The van der Waals surface area contributed by atoms with Crippen molar-refractivity contribution in [2.45, 2.75) is 33.4 Å². The highest BCUT2D eigenvalue weighted by Gasteiger charge is 2.25. The van der Waals surface area contributed by atoms with Crippen molar-refractivity contribution in [2.24, 2.45) is 0 Å². The Kier molecular flexibility index (Phi) is 6.40. The number of aromatic nitrogens is 2. The largest absolute Gasteiger partial charge is 0.451 e. The summed E-state index contributed by atoms with van der Waals surface area (Å²) in [7, 11) is 0. The lowest BCUT2D eigenvalue weighted by Gasteiger charge is -2.14. The van der Waals surface area contributed by atoms with Gasteiger partial charge in [0.2, 0.25) is 0 Å². The van der Waals surface area contributed by atoms with E-state index in [1.165, 1.54) is 32.9 Å². The fourth-order valence-electron chi connectivity index (χ4n) is 2.34. The van der Waals surface area contributed by atoms with Gasteiger partial charge in [-0.1, -0.05) is 23.2 Å². The third kappa shape index (κ3) is 4.95. The van der Waals surface area contributed by atoms with Crippen LogP contribution in [-0.4, -0.2) is 32.7 Å². The van der Waals surface area contributed by atoms with Gasteiger partial charge in [-0.05, 0) is 39.0 Å². The quantitative estimate of drug-likeness (QED) is 0.440. The molecule has 144 valence electrons. The van der Waals surface area contributed by atoms with Crippen molar-refractivity contribution in [3.63, 3.8) is 0 Å². The van der Waals surface area contributed by atoms with Gasteiger partial charge in [0, 0.05) is 5.02 Å². The first-order valence-corrected chi connectivity index (χ1v) is 8.49. The highest BCUT2D eigenvalue weighted by Crippen LogP contribution is 2.25. The number of benzene rings is 1. The molecule has 0 fully saturated rings. The zero-order chi connectivity index (χ0) is 20.3. The molecule has 0 aliphatic heterocycles. The van der Waals surface area contributed by atoms with Crippen molar-refractivity contribution in [1.29, 1.82) is 0 Å². The Morgan fingerprint density at radius 1 is 1.37 bits per heavy atom. The third-order valence-corrected chi connectivity index (χ3v) is 4.23. The maximum absolute atomic E-state index is 12.2. The van der Waals surface area contributed by atoms with Crippen LogP contribution in [-0.2, 0) is 20.9 Å². The molecule has 0 saturated carbocycles. The van der Waals surface area contributed by atoms with Gasteiger partial charge >= 0.3 is 11.7 Å². The summed E-state index contributed by atoms with van der Waals surface area (Å²) in [6.07, 6.45) is -1.13. The molecule has 11 heteroatoms. The van der Waals surface area contributed by atoms with E-state index in [2.05, 4.69) is 10.4 Å². The Morgan fingerprint density at radius 3 is 2.63 bits per heavy atom. The molecular formula is C16H16Cl2N4O5. The smallest absolute Gasteiger partial charge is 0.328 e. The van der Waals surface area contributed by atoms with Crippen LogP contribution >= 0.6 is 23.2 Å². The van der Waals surface area contributed by atoms with Gasteiger partial charge in [-0.15, -0.1) is 0 Å². The van der Waals surface area contributed by atoms with Crippen molar-refractivity contribution in [3.05, 3.63) is 49.7 Å². The van der Waals surface area contributed by atoms with Crippen LogP contribution in [0.5, 0.6) is 0 Å². The van der Waals surface area contributed by atoms with E-state index >= 15 is 0 Å². The second kappa shape index (κ2) is 8.36. The van der Waals surface area contributed by atoms with Gasteiger partial charge in [0.05, 0.1) is 15.6 Å². The fraction of sp³-hybridized carbons (Fsp3) is 0.312. The Balaban J connectivity index is 2.01. The van der Waals surface area contributed by atoms with Gasteiger partial charge in [-0.2, -0.15) is 5.10 Å². The Hall–Kier alpha value is -2.65. The van der Waals surface area contributed by atoms with Crippen molar-refractivity contribution in [1.82, 2.24) is 9.78 Å². The molecule has 2 rings (SSSR count). The van der Waals surface area contributed by atoms with Crippen molar-refractivity contribution >= 4 is 46.5 Å². The monoisotopic (exact) mass is 414 g/mol. The van der Waals surface area contributed by atoms with Crippen molar-refractivity contribution in [2.75, 3.05) is 5.32 Å². The van der Waals surface area contributed by atoms with E-state index in [1.54, 1.807) is 6.07 Å². The summed E-state index contributed by atoms with van der Waals surface area (Å²) in [5.41, 5.74) is 0.527. The van der Waals surface area contributed by atoms with Crippen LogP contribution in [0.25, 0.3) is 0 Å². The number of nitrogens with one attached hydrogen (secondary N) is 1. The number of halogens is 2. The zero-order valence-electron chi connectivity index (χ0n) is 14.7. The molecule has 0 radical (unpaired) electrons. The van der Waals surface area contributed by atoms with Crippen LogP contribution in [0.4, 0.5) is 11.4 Å². The zero-order valence-corrected chi connectivity index (χ0v) is 16.2. The van der Waals surface area contributed by atoms with Gasteiger partial charge in [-0.3, -0.25) is 24.4 Å². The number of carbonyl (C=O) groups excluding carboxylic acids is 2. The summed E-state index contributed by atoms with van der Waals surface area (Å²) in [4.78, 5) is 34.7. The summed E-state index contributed by atoms with van der Waals surface area (Å²) in [6.45, 7) is 3.96. The van der Waals surface area contributed by atoms with Gasteiger partial charge in [0.25, 0.3) is 5.91 Å². The molecule has 2 aromatic rings. The van der Waals surface area contributed by atoms with Crippen LogP contribution in [0.1, 0.15) is 18.3 Å². The lowest BCUT2D eigenvalue weighted by atomic mass is 10.3. The number of hydrogen-bond acceptors (Lipinski definition) is 6. The van der Waals surface area contributed by atoms with Crippen molar-refractivity contribution in [3.8, 4) is 0 Å². The number of nitrogens with zero attached hydrogens (tertiary/aromatic N) is 3. The molecule has 1 aromatic heterocycles. The molecular weight excluding hydrogens is 399 g/mol. The van der Waals surface area contributed by atoms with Crippen LogP contribution in [0.2, 0.25) is 10.0 Å². The molecule has 1 N–H and O–H groups in total. The van der Waals surface area contributed by atoms with E-state index in [1.807, 2.05) is 0 Å². The Morgan fingerprint density at radius 2 is 2.04 bits per heavy atom. The number of esters is 1. The van der Waals surface area contributed by atoms with E-state index < -0.39 is 22.9 Å². The lowest BCUT2D eigenvalue weighted by molar-refractivity contribution is -0.386. The van der Waals surface area contributed by atoms with E-state index in [0.717, 1.165) is 4.68 Å². The van der Waals surface area contributed by atoms with Crippen LogP contribution in [0.3, 0.4) is 0 Å². The molecule has 0 unspecified atom stereocenters. The predicted octanol–water partition coefficient (Wildman–Crippen LogP) is 3.29. The number of amides is 1. The minimum atomic E-state index is -1.13. The summed E-state index contributed by atoms with van der Waals surface area (Å²) >= 11 is 11.8. The standard InChI is InChI=1S/C16H16Cl2N4O5/c1-8-15(22(25)26)9(2)21(20-8)7-14(23)27-10(3)16(24)19-13-6-11(17)4-5-12(13)18/h4-6,10H,7H2,1-3H3,(H,19,24)/t10-/m0/s1. The van der Waals surface area contributed by atoms with Gasteiger partial charge in [0.1, 0.15) is 17.9 Å². The summed E-state index contributed by atoms with van der Waals surface area (Å²) in [5.74, 6) is -1.37. The molecule has 1 amide bonds. The highest BCUT2D eigenvalue weighted by atomic mass is 35.5. The number of nitro groups is 1. The minimum Gasteiger partial charge on any atom is -0.451 e. The first-order chi connectivity index (χ1) is 12.6. The molecule has 0 aliphatic rings. The average molecular weight is 415 g/mol. The van der Waals surface area contributed by atoms with Crippen LogP contribution in [0, 0.1) is 24.0 Å². The summed E-state index contributed by atoms with van der Waals surface area (Å²) in [5, 5.41) is 18.1. The minimum absolute atomic E-state index is 0.163. The number of anilines is 1. The fourth-order valence-corrected chi connectivity index (χ4v) is 2.68. The van der Waals surface area contributed by atoms with Gasteiger partial charge in [-0.25, -0.2) is 0 Å². The molecule has 0 bridgehead atoms. The molecule has 1 heterocycles. The number of hydrogen-bond donors (Lipinski definition) is 1. The SMILES string of the molecule is Cc1nn(CC(=O)O[C@@H](C)C(=O)Nc2cc(Cl)ccc2Cl)c(C)c1[N+](=O)[O-]. The van der Waals surface area contributed by atoms with E-state index in [0.29, 0.717) is 5.02 Å². The third-order valence-electron chi connectivity index (χ3n) is 3.67. The number of rotatable bonds is 6. The molecule has 0 spiro atoms. The molecule has 1 aromatic carbocycles. The topological polar surface area (TPSA) is 116 Å². The maximum Gasteiger partial charge on any atom is 0.328 e. The molecule has 1 atom stereocenters. The Labute approximate surface area is 164 Å². The molecule has 9 nitrogen and oxygen atoms in total. The van der Waals surface area contributed by atoms with Gasteiger partial charge in [0.15, 0.2) is 6.10 Å². The molecule has 27 heavy (non-hydrogen) atoms. The van der Waals surface area contributed by atoms with Crippen molar-refractivity contribution < 1.29 is 19.2 Å². The number of ether oxygens (including phenoxy) is 1. The maximum atomic E-state index is 12.2. The highest BCUT2D eigenvalue weighted by molar-refractivity contribution is 6.35. The van der Waals surface area contributed by atoms with E-state index in [-0.39, 0.29) is 34.3 Å².